The molecule has 0 saturated carbocycles. The van der Waals surface area contributed by atoms with Gasteiger partial charge in [-0.15, -0.1) is 0 Å². The SMILES string of the molecule is CCOP(OCC)OCC.CS(=O)(=O)c1ccc2c(c1)[nH]c1cc(OCc3ccccc3)ccc12. The third-order valence-corrected chi connectivity index (χ3v) is 7.44. The summed E-state index contributed by atoms with van der Waals surface area (Å²) >= 11 is 0. The Labute approximate surface area is 208 Å². The normalized spacial score (nSPS) is 11.6. The number of rotatable bonds is 10. The van der Waals surface area contributed by atoms with Crippen molar-refractivity contribution in [3.63, 3.8) is 0 Å². The number of hydrogen-bond acceptors (Lipinski definition) is 6. The summed E-state index contributed by atoms with van der Waals surface area (Å²) in [6, 6.07) is 21.0. The average molecular weight is 518 g/mol. The fourth-order valence-electron chi connectivity index (χ4n) is 3.36. The number of aromatic amines is 1. The molecule has 3 aromatic carbocycles. The molecule has 0 unspecified atom stereocenters. The smallest absolute Gasteiger partial charge is 0.332 e. The van der Waals surface area contributed by atoms with Crippen LogP contribution < -0.4 is 4.74 Å². The van der Waals surface area contributed by atoms with Gasteiger partial charge in [-0.25, -0.2) is 8.42 Å². The monoisotopic (exact) mass is 517 g/mol. The van der Waals surface area contributed by atoms with E-state index in [9.17, 15) is 8.42 Å². The lowest BCUT2D eigenvalue weighted by molar-refractivity contribution is 0.176. The Morgan fingerprint density at radius 1 is 0.771 bits per heavy atom. The quantitative estimate of drug-likeness (QED) is 0.238. The summed E-state index contributed by atoms with van der Waals surface area (Å²) in [5.74, 6) is 0.770. The molecule has 0 atom stereocenters. The van der Waals surface area contributed by atoms with Gasteiger partial charge >= 0.3 is 8.60 Å². The molecular weight excluding hydrogens is 485 g/mol. The number of aromatic nitrogens is 1. The summed E-state index contributed by atoms with van der Waals surface area (Å²) in [7, 11) is -4.28. The maximum absolute atomic E-state index is 11.7. The van der Waals surface area contributed by atoms with Gasteiger partial charge in [-0.1, -0.05) is 36.4 Å². The maximum atomic E-state index is 11.7. The number of nitrogens with one attached hydrogen (secondary N) is 1. The molecule has 7 nitrogen and oxygen atoms in total. The van der Waals surface area contributed by atoms with Crippen molar-refractivity contribution in [1.29, 1.82) is 0 Å². The highest BCUT2D eigenvalue weighted by Gasteiger charge is 2.11. The number of H-pyrrole nitrogens is 1. The van der Waals surface area contributed by atoms with Crippen LogP contribution in [0.3, 0.4) is 0 Å². The third kappa shape index (κ3) is 7.75. The molecule has 4 rings (SSSR count). The summed E-state index contributed by atoms with van der Waals surface area (Å²) in [5.41, 5.74) is 2.83. The molecular formula is C26H32NO6PS. The van der Waals surface area contributed by atoms with E-state index in [2.05, 4.69) is 4.98 Å². The molecule has 1 N–H and O–H groups in total. The first kappa shape index (κ1) is 27.1. The van der Waals surface area contributed by atoms with Gasteiger partial charge in [0.25, 0.3) is 0 Å². The highest BCUT2D eigenvalue weighted by atomic mass is 32.2. The van der Waals surface area contributed by atoms with Crippen LogP contribution in [0.4, 0.5) is 0 Å². The van der Waals surface area contributed by atoms with Gasteiger partial charge in [0.05, 0.1) is 30.2 Å². The highest BCUT2D eigenvalue weighted by molar-refractivity contribution is 7.90. The van der Waals surface area contributed by atoms with Gasteiger partial charge in [-0.2, -0.15) is 0 Å². The van der Waals surface area contributed by atoms with E-state index in [1.165, 1.54) is 6.26 Å². The van der Waals surface area contributed by atoms with Crippen LogP contribution in [0.2, 0.25) is 0 Å². The Bertz CT molecular complexity index is 1310. The Hall–Kier alpha value is -2.48. The number of fused-ring (bicyclic) bond motifs is 3. The van der Waals surface area contributed by atoms with Gasteiger partial charge in [0.2, 0.25) is 0 Å². The van der Waals surface area contributed by atoms with Crippen LogP contribution in [0.5, 0.6) is 5.75 Å². The van der Waals surface area contributed by atoms with Crippen LogP contribution in [0.15, 0.2) is 71.6 Å². The Balaban J connectivity index is 0.000000292. The zero-order valence-corrected chi connectivity index (χ0v) is 22.2. The molecule has 0 aliphatic carbocycles. The molecule has 0 spiro atoms. The predicted octanol–water partition coefficient (Wildman–Crippen LogP) is 6.63. The summed E-state index contributed by atoms with van der Waals surface area (Å²) in [5, 5.41) is 2.04. The topological polar surface area (TPSA) is 86.9 Å². The zero-order valence-electron chi connectivity index (χ0n) is 20.5. The molecule has 188 valence electrons. The fraction of sp³-hybridized carbons (Fsp3) is 0.308. The van der Waals surface area contributed by atoms with Crippen molar-refractivity contribution < 1.29 is 26.7 Å². The van der Waals surface area contributed by atoms with Crippen molar-refractivity contribution in [2.24, 2.45) is 0 Å². The molecule has 0 aliphatic rings. The van der Waals surface area contributed by atoms with Crippen molar-refractivity contribution in [1.82, 2.24) is 4.98 Å². The van der Waals surface area contributed by atoms with E-state index >= 15 is 0 Å². The van der Waals surface area contributed by atoms with Crippen LogP contribution in [0, 0.1) is 0 Å². The van der Waals surface area contributed by atoms with Crippen molar-refractivity contribution in [2.45, 2.75) is 32.3 Å². The van der Waals surface area contributed by atoms with Gasteiger partial charge in [-0.3, -0.25) is 0 Å². The molecule has 0 saturated heterocycles. The molecule has 1 heterocycles. The lowest BCUT2D eigenvalue weighted by Gasteiger charge is -2.12. The lowest BCUT2D eigenvalue weighted by atomic mass is 10.1. The first-order valence-corrected chi connectivity index (χ1v) is 14.5. The molecule has 4 aromatic rings. The summed E-state index contributed by atoms with van der Waals surface area (Å²) < 4.78 is 44.8. The number of ether oxygens (including phenoxy) is 1. The summed E-state index contributed by atoms with van der Waals surface area (Å²) in [6.45, 7) is 8.21. The van der Waals surface area contributed by atoms with Crippen LogP contribution in [-0.2, 0) is 30.0 Å². The second-order valence-corrected chi connectivity index (χ2v) is 10.8. The van der Waals surface area contributed by atoms with Gasteiger partial charge in [0, 0.05) is 28.6 Å². The molecule has 0 radical (unpaired) electrons. The van der Waals surface area contributed by atoms with E-state index in [-0.39, 0.29) is 0 Å². The number of hydrogen-bond donors (Lipinski definition) is 1. The minimum atomic E-state index is -3.22. The zero-order chi connectivity index (χ0) is 25.3. The summed E-state index contributed by atoms with van der Waals surface area (Å²) in [6.07, 6.45) is 1.21. The molecule has 0 amide bonds. The number of sulfone groups is 1. The minimum absolute atomic E-state index is 0.312. The van der Waals surface area contributed by atoms with Gasteiger partial charge < -0.3 is 23.3 Å². The number of benzene rings is 3. The van der Waals surface area contributed by atoms with E-state index in [0.29, 0.717) is 31.3 Å². The second kappa shape index (κ2) is 13.0. The molecule has 0 bridgehead atoms. The lowest BCUT2D eigenvalue weighted by Crippen LogP contribution is -1.95. The molecule has 0 fully saturated rings. The van der Waals surface area contributed by atoms with Crippen LogP contribution >= 0.6 is 8.60 Å². The average Bonchev–Trinajstić information content (AvgIpc) is 3.21. The minimum Gasteiger partial charge on any atom is -0.489 e. The van der Waals surface area contributed by atoms with Gasteiger partial charge in [0.15, 0.2) is 9.84 Å². The van der Waals surface area contributed by atoms with Crippen LogP contribution in [0.1, 0.15) is 26.3 Å². The van der Waals surface area contributed by atoms with E-state index in [4.69, 9.17) is 18.3 Å². The predicted molar refractivity (Wildman–Crippen MR) is 141 cm³/mol. The Morgan fingerprint density at radius 2 is 1.34 bits per heavy atom. The first-order chi connectivity index (χ1) is 16.9. The molecule has 0 aliphatic heterocycles. The van der Waals surface area contributed by atoms with Crippen LogP contribution in [-0.4, -0.2) is 39.5 Å². The van der Waals surface area contributed by atoms with Gasteiger partial charge in [0.1, 0.15) is 12.4 Å². The maximum Gasteiger partial charge on any atom is 0.332 e. The molecule has 1 aromatic heterocycles. The standard InChI is InChI=1S/C20H17NO3S.C6H15O3P/c1-25(22,23)16-8-10-18-17-9-7-15(11-19(17)21-20(18)12-16)24-13-14-5-3-2-4-6-14;1-4-7-10(8-5-2)9-6-3/h2-12,21H,13H2,1H3;4-6H2,1-3H3. The molecule has 35 heavy (non-hydrogen) atoms. The first-order valence-electron chi connectivity index (χ1n) is 11.5. The Kier molecular flexibility index (Phi) is 10.1. The highest BCUT2D eigenvalue weighted by Crippen LogP contribution is 2.38. The second-order valence-electron chi connectivity index (χ2n) is 7.56. The van der Waals surface area contributed by atoms with E-state index in [0.717, 1.165) is 33.1 Å². The van der Waals surface area contributed by atoms with E-state index in [1.54, 1.807) is 12.1 Å². The van der Waals surface area contributed by atoms with E-state index in [1.807, 2.05) is 75.4 Å². The van der Waals surface area contributed by atoms with Gasteiger partial charge in [-0.05, 0) is 50.6 Å². The third-order valence-electron chi connectivity index (χ3n) is 4.92. The molecule has 9 heteroatoms. The van der Waals surface area contributed by atoms with Crippen molar-refractivity contribution in [3.05, 3.63) is 72.3 Å². The largest absolute Gasteiger partial charge is 0.489 e. The van der Waals surface area contributed by atoms with Crippen molar-refractivity contribution in [2.75, 3.05) is 26.1 Å². The van der Waals surface area contributed by atoms with Crippen molar-refractivity contribution in [3.8, 4) is 5.75 Å². The fourth-order valence-corrected chi connectivity index (χ4v) is 4.86. The Morgan fingerprint density at radius 3 is 1.91 bits per heavy atom. The summed E-state index contributed by atoms with van der Waals surface area (Å²) in [4.78, 5) is 3.60. The van der Waals surface area contributed by atoms with E-state index < -0.39 is 18.4 Å². The van der Waals surface area contributed by atoms with Crippen molar-refractivity contribution >= 4 is 40.2 Å². The van der Waals surface area contributed by atoms with Crippen LogP contribution in [0.25, 0.3) is 21.8 Å².